The lowest BCUT2D eigenvalue weighted by atomic mass is 9.83. The van der Waals surface area contributed by atoms with Crippen molar-refractivity contribution >= 4 is 12.4 Å². The van der Waals surface area contributed by atoms with Gasteiger partial charge in [-0.3, -0.25) is 4.90 Å². The van der Waals surface area contributed by atoms with Crippen LogP contribution in [-0.4, -0.2) is 29.3 Å². The van der Waals surface area contributed by atoms with E-state index in [0.717, 1.165) is 38.9 Å². The van der Waals surface area contributed by atoms with E-state index in [1.54, 1.807) is 0 Å². The number of nitrogens with zero attached hydrogens (tertiary/aromatic N) is 2. The van der Waals surface area contributed by atoms with Gasteiger partial charge in [0, 0.05) is 27.2 Å². The first-order chi connectivity index (χ1) is 8.76. The van der Waals surface area contributed by atoms with Gasteiger partial charge in [-0.2, -0.15) is 0 Å². The third kappa shape index (κ3) is 2.30. The van der Waals surface area contributed by atoms with Crippen LogP contribution in [0.4, 0.5) is 0 Å². The molecule has 3 nitrogen and oxygen atoms in total. The van der Waals surface area contributed by atoms with E-state index >= 15 is 0 Å². The molecule has 0 aliphatic carbocycles. The van der Waals surface area contributed by atoms with Crippen LogP contribution in [0.2, 0.25) is 0 Å². The van der Waals surface area contributed by atoms with E-state index in [2.05, 4.69) is 30.0 Å². The van der Waals surface area contributed by atoms with Crippen molar-refractivity contribution in [3.05, 3.63) is 40.3 Å². The van der Waals surface area contributed by atoms with Crippen LogP contribution in [0.3, 0.4) is 0 Å². The maximum atomic E-state index is 12.4. The number of piperidine rings is 1. The SMILES string of the molecule is CCCN1CCCC2(C1)c1ccccc1C[N+]2=O.Cl. The van der Waals surface area contributed by atoms with E-state index in [-0.39, 0.29) is 17.9 Å². The monoisotopic (exact) mass is 281 g/mol. The van der Waals surface area contributed by atoms with Gasteiger partial charge in [0.05, 0.1) is 6.54 Å². The summed E-state index contributed by atoms with van der Waals surface area (Å²) in [6, 6.07) is 8.37. The van der Waals surface area contributed by atoms with E-state index in [4.69, 9.17) is 0 Å². The summed E-state index contributed by atoms with van der Waals surface area (Å²) in [5, 5.41) is 0. The van der Waals surface area contributed by atoms with Crippen LogP contribution < -0.4 is 0 Å². The maximum absolute atomic E-state index is 12.4. The Balaban J connectivity index is 0.00000133. The molecule has 0 bridgehead atoms. The number of benzene rings is 1. The molecule has 1 atom stereocenters. The minimum atomic E-state index is -0.260. The van der Waals surface area contributed by atoms with Gasteiger partial charge in [0.15, 0.2) is 0 Å². The van der Waals surface area contributed by atoms with Crippen molar-refractivity contribution in [3.63, 3.8) is 0 Å². The highest BCUT2D eigenvalue weighted by molar-refractivity contribution is 5.85. The molecule has 1 unspecified atom stereocenters. The van der Waals surface area contributed by atoms with Crippen LogP contribution in [-0.2, 0) is 12.1 Å². The van der Waals surface area contributed by atoms with E-state index < -0.39 is 0 Å². The molecule has 2 aliphatic heterocycles. The molecule has 3 rings (SSSR count). The molecular weight excluding hydrogens is 260 g/mol. The van der Waals surface area contributed by atoms with Crippen LogP contribution in [0.5, 0.6) is 0 Å². The zero-order chi connectivity index (χ0) is 12.6. The van der Waals surface area contributed by atoms with Crippen LogP contribution >= 0.6 is 12.4 Å². The van der Waals surface area contributed by atoms with Crippen molar-refractivity contribution in [2.75, 3.05) is 19.6 Å². The second kappa shape index (κ2) is 5.59. The highest BCUT2D eigenvalue weighted by atomic mass is 35.5. The van der Waals surface area contributed by atoms with Crippen LogP contribution in [0.1, 0.15) is 37.3 Å². The van der Waals surface area contributed by atoms with E-state index in [0.29, 0.717) is 6.54 Å². The van der Waals surface area contributed by atoms with Gasteiger partial charge in [0.2, 0.25) is 12.1 Å². The number of fused-ring (bicyclic) bond motifs is 2. The largest absolute Gasteiger partial charge is 0.296 e. The Bertz CT molecular complexity index is 475. The van der Waals surface area contributed by atoms with Gasteiger partial charge in [0.1, 0.15) is 0 Å². The predicted molar refractivity (Wildman–Crippen MR) is 78.7 cm³/mol. The molecule has 4 heteroatoms. The Hall–Kier alpha value is -0.930. The number of rotatable bonds is 2. The topological polar surface area (TPSA) is 23.3 Å². The molecule has 1 fully saturated rings. The maximum Gasteiger partial charge on any atom is 0.248 e. The normalized spacial score (nSPS) is 26.3. The first-order valence-corrected chi connectivity index (χ1v) is 7.02. The molecule has 0 N–H and O–H groups in total. The minimum absolute atomic E-state index is 0. The molecule has 0 aromatic heterocycles. The molecular formula is C15H22ClN2O+. The molecule has 1 saturated heterocycles. The zero-order valence-corrected chi connectivity index (χ0v) is 12.3. The minimum Gasteiger partial charge on any atom is -0.296 e. The molecule has 2 heterocycles. The first-order valence-electron chi connectivity index (χ1n) is 7.02. The van der Waals surface area contributed by atoms with E-state index in [1.807, 2.05) is 6.07 Å². The van der Waals surface area contributed by atoms with Crippen molar-refractivity contribution in [3.8, 4) is 0 Å². The smallest absolute Gasteiger partial charge is 0.248 e. The van der Waals surface area contributed by atoms with Crippen molar-refractivity contribution < 1.29 is 4.76 Å². The highest BCUT2D eigenvalue weighted by Crippen LogP contribution is 2.42. The van der Waals surface area contributed by atoms with Gasteiger partial charge >= 0.3 is 0 Å². The summed E-state index contributed by atoms with van der Waals surface area (Å²) in [6.07, 6.45) is 3.30. The summed E-state index contributed by atoms with van der Waals surface area (Å²) >= 11 is 0. The summed E-state index contributed by atoms with van der Waals surface area (Å²) in [6.45, 7) is 5.93. The third-order valence-corrected chi connectivity index (χ3v) is 4.40. The highest BCUT2D eigenvalue weighted by Gasteiger charge is 2.55. The van der Waals surface area contributed by atoms with Gasteiger partial charge < -0.3 is 0 Å². The number of nitroso groups, excluding NO2 is 1. The van der Waals surface area contributed by atoms with Crippen molar-refractivity contribution in [1.82, 2.24) is 4.90 Å². The number of hydrogen-bond donors (Lipinski definition) is 0. The summed E-state index contributed by atoms with van der Waals surface area (Å²) in [5.74, 6) is 0. The third-order valence-electron chi connectivity index (χ3n) is 4.40. The molecule has 0 saturated carbocycles. The quantitative estimate of drug-likeness (QED) is 0.778. The van der Waals surface area contributed by atoms with Gasteiger partial charge in [-0.1, -0.05) is 31.2 Å². The Labute approximate surface area is 121 Å². The molecule has 2 aliphatic rings. The van der Waals surface area contributed by atoms with Gasteiger partial charge in [-0.15, -0.1) is 12.4 Å². The average Bonchev–Trinajstić information content (AvgIpc) is 2.64. The summed E-state index contributed by atoms with van der Waals surface area (Å²) in [5.41, 5.74) is 2.25. The summed E-state index contributed by atoms with van der Waals surface area (Å²) < 4.78 is 1.33. The molecule has 1 spiro atoms. The van der Waals surface area contributed by atoms with Gasteiger partial charge in [-0.05, 0) is 25.9 Å². The van der Waals surface area contributed by atoms with Crippen LogP contribution in [0, 0.1) is 4.91 Å². The van der Waals surface area contributed by atoms with Crippen LogP contribution in [0.25, 0.3) is 0 Å². The Morgan fingerprint density at radius 2 is 2.16 bits per heavy atom. The fourth-order valence-corrected chi connectivity index (χ4v) is 3.61. The van der Waals surface area contributed by atoms with Crippen LogP contribution in [0.15, 0.2) is 24.3 Å². The summed E-state index contributed by atoms with van der Waals surface area (Å²) in [7, 11) is 0. The predicted octanol–water partition coefficient (Wildman–Crippen LogP) is 3.10. The molecule has 104 valence electrons. The van der Waals surface area contributed by atoms with E-state index in [1.165, 1.54) is 15.9 Å². The van der Waals surface area contributed by atoms with Gasteiger partial charge in [-0.25, -0.2) is 0 Å². The lowest BCUT2D eigenvalue weighted by Gasteiger charge is -2.34. The number of likely N-dealkylation sites (tertiary alicyclic amines) is 1. The second-order valence-corrected chi connectivity index (χ2v) is 5.61. The Kier molecular flexibility index (Phi) is 4.26. The van der Waals surface area contributed by atoms with Crippen molar-refractivity contribution in [1.29, 1.82) is 0 Å². The molecule has 0 amide bonds. The second-order valence-electron chi connectivity index (χ2n) is 5.61. The zero-order valence-electron chi connectivity index (χ0n) is 11.5. The lowest BCUT2D eigenvalue weighted by molar-refractivity contribution is -0.643. The molecule has 19 heavy (non-hydrogen) atoms. The fourth-order valence-electron chi connectivity index (χ4n) is 3.61. The number of halogens is 1. The fraction of sp³-hybridized carbons (Fsp3) is 0.600. The molecule has 0 radical (unpaired) electrons. The number of hydrogen-bond acceptors (Lipinski definition) is 2. The Morgan fingerprint density at radius 3 is 2.95 bits per heavy atom. The van der Waals surface area contributed by atoms with Crippen molar-refractivity contribution in [2.24, 2.45) is 0 Å². The lowest BCUT2D eigenvalue weighted by Crippen LogP contribution is -2.49. The van der Waals surface area contributed by atoms with Gasteiger partial charge in [0.25, 0.3) is 0 Å². The first kappa shape index (κ1) is 14.5. The average molecular weight is 282 g/mol. The Morgan fingerprint density at radius 1 is 1.37 bits per heavy atom. The molecule has 1 aromatic rings. The van der Waals surface area contributed by atoms with E-state index in [9.17, 15) is 4.91 Å². The van der Waals surface area contributed by atoms with Crippen molar-refractivity contribution in [2.45, 2.75) is 38.3 Å². The molecule has 1 aromatic carbocycles. The summed E-state index contributed by atoms with van der Waals surface area (Å²) in [4.78, 5) is 14.9. The standard InChI is InChI=1S/C15H21N2O.ClH/c1-2-9-16-10-5-8-15(12-16)14-7-4-3-6-13(14)11-17(15)18;/h3-4,6-7H,2,5,8-12H2,1H3;1H/q+1;.